The number of thiazole rings is 1. The van der Waals surface area contributed by atoms with E-state index in [1.165, 1.54) is 23.5 Å². The Morgan fingerprint density at radius 1 is 1.27 bits per heavy atom. The van der Waals surface area contributed by atoms with Gasteiger partial charge in [-0.1, -0.05) is 19.1 Å². The average Bonchev–Trinajstić information content (AvgIpc) is 3.20. The van der Waals surface area contributed by atoms with Crippen molar-refractivity contribution in [3.05, 3.63) is 59.1 Å². The van der Waals surface area contributed by atoms with Crippen molar-refractivity contribution in [1.29, 1.82) is 0 Å². The van der Waals surface area contributed by atoms with Crippen molar-refractivity contribution in [2.24, 2.45) is 0 Å². The molecule has 0 aliphatic heterocycles. The van der Waals surface area contributed by atoms with Crippen LogP contribution in [0.25, 0.3) is 12.2 Å². The molecular weight excluding hydrogens is 294 g/mol. The highest BCUT2D eigenvalue weighted by molar-refractivity contribution is 7.10. The van der Waals surface area contributed by atoms with Crippen LogP contribution in [0.5, 0.6) is 0 Å². The highest BCUT2D eigenvalue weighted by atomic mass is 32.1. The third-order valence-electron chi connectivity index (χ3n) is 3.22. The number of hydrogen-bond acceptors (Lipinski definition) is 4. The lowest BCUT2D eigenvalue weighted by Gasteiger charge is -2.11. The van der Waals surface area contributed by atoms with Crippen molar-refractivity contribution >= 4 is 29.3 Å². The number of hydrogen-bond donors (Lipinski definition) is 0. The zero-order valence-corrected chi connectivity index (χ0v) is 13.5. The van der Waals surface area contributed by atoms with Crippen molar-refractivity contribution < 1.29 is 4.79 Å². The standard InChI is InChI=1S/C17H19N3OS/c1-3-14(2)20-12-10-18-16(20)7-5-4-6-15(21)8-9-17-19-11-13-22-17/h4-14H,3H2,1-2H3/b6-4+,7-5+,9-8+. The fourth-order valence-electron chi connectivity index (χ4n) is 1.84. The van der Waals surface area contributed by atoms with Gasteiger partial charge in [0.2, 0.25) is 0 Å². The van der Waals surface area contributed by atoms with Gasteiger partial charge in [-0.25, -0.2) is 9.97 Å². The first-order valence-corrected chi connectivity index (χ1v) is 8.07. The van der Waals surface area contributed by atoms with E-state index in [1.54, 1.807) is 24.5 Å². The number of rotatable bonds is 7. The normalized spacial score (nSPS) is 13.5. The molecule has 0 bridgehead atoms. The quantitative estimate of drug-likeness (QED) is 0.569. The van der Waals surface area contributed by atoms with Gasteiger partial charge >= 0.3 is 0 Å². The number of ketones is 1. The Hall–Kier alpha value is -2.27. The minimum absolute atomic E-state index is 0.0647. The Bertz CT molecular complexity index is 681. The molecule has 0 aliphatic carbocycles. The molecule has 5 heteroatoms. The maximum atomic E-state index is 11.7. The van der Waals surface area contributed by atoms with Crippen LogP contribution < -0.4 is 0 Å². The summed E-state index contributed by atoms with van der Waals surface area (Å²) in [6, 6.07) is 0.411. The maximum Gasteiger partial charge on any atom is 0.178 e. The molecule has 1 atom stereocenters. The molecule has 2 aromatic heterocycles. The Balaban J connectivity index is 1.92. The first kappa shape index (κ1) is 16.1. The second-order valence-corrected chi connectivity index (χ2v) is 5.70. The van der Waals surface area contributed by atoms with Gasteiger partial charge in [-0.2, -0.15) is 0 Å². The smallest absolute Gasteiger partial charge is 0.178 e. The molecule has 0 fully saturated rings. The van der Waals surface area contributed by atoms with Crippen LogP contribution in [0.15, 0.2) is 48.3 Å². The third-order valence-corrected chi connectivity index (χ3v) is 3.96. The molecule has 0 amide bonds. The Morgan fingerprint density at radius 2 is 2.14 bits per heavy atom. The summed E-state index contributed by atoms with van der Waals surface area (Å²) in [6.45, 7) is 4.30. The molecule has 22 heavy (non-hydrogen) atoms. The molecule has 0 spiro atoms. The second-order valence-electron chi connectivity index (χ2n) is 4.77. The van der Waals surface area contributed by atoms with E-state index in [1.807, 2.05) is 23.7 Å². The lowest BCUT2D eigenvalue weighted by atomic mass is 10.2. The summed E-state index contributed by atoms with van der Waals surface area (Å²) in [7, 11) is 0. The van der Waals surface area contributed by atoms with Crippen LogP contribution in [0, 0.1) is 0 Å². The highest BCUT2D eigenvalue weighted by Crippen LogP contribution is 2.13. The van der Waals surface area contributed by atoms with Gasteiger partial charge in [-0.05, 0) is 37.6 Å². The van der Waals surface area contributed by atoms with Crippen LogP contribution in [0.2, 0.25) is 0 Å². The van der Waals surface area contributed by atoms with E-state index in [-0.39, 0.29) is 5.78 Å². The fraction of sp³-hybridized carbons (Fsp3) is 0.235. The molecule has 0 saturated carbocycles. The van der Waals surface area contributed by atoms with Crippen molar-refractivity contribution in [2.45, 2.75) is 26.3 Å². The van der Waals surface area contributed by atoms with Gasteiger partial charge in [0.15, 0.2) is 5.78 Å². The Kier molecular flexibility index (Phi) is 6.03. The zero-order valence-electron chi connectivity index (χ0n) is 12.7. The number of carbonyl (C=O) groups excluding carboxylic acids is 1. The topological polar surface area (TPSA) is 47.8 Å². The molecule has 2 aromatic rings. The van der Waals surface area contributed by atoms with Crippen LogP contribution in [0.3, 0.4) is 0 Å². The Labute approximate surface area is 134 Å². The first-order valence-electron chi connectivity index (χ1n) is 7.19. The predicted molar refractivity (Wildman–Crippen MR) is 91.6 cm³/mol. The van der Waals surface area contributed by atoms with E-state index in [2.05, 4.69) is 28.4 Å². The van der Waals surface area contributed by atoms with Gasteiger partial charge in [-0.3, -0.25) is 4.79 Å². The number of allylic oxidation sites excluding steroid dienone is 4. The second kappa shape index (κ2) is 8.24. The Morgan fingerprint density at radius 3 is 2.86 bits per heavy atom. The van der Waals surface area contributed by atoms with E-state index in [4.69, 9.17) is 0 Å². The predicted octanol–water partition coefficient (Wildman–Crippen LogP) is 4.16. The van der Waals surface area contributed by atoms with E-state index < -0.39 is 0 Å². The van der Waals surface area contributed by atoms with Crippen LogP contribution in [0.4, 0.5) is 0 Å². The molecule has 0 saturated heterocycles. The van der Waals surface area contributed by atoms with E-state index in [0.29, 0.717) is 6.04 Å². The summed E-state index contributed by atoms with van der Waals surface area (Å²) in [6.07, 6.45) is 16.7. The van der Waals surface area contributed by atoms with Crippen LogP contribution in [-0.4, -0.2) is 20.3 Å². The number of carbonyl (C=O) groups is 1. The molecule has 0 N–H and O–H groups in total. The molecular formula is C17H19N3OS. The fourth-order valence-corrected chi connectivity index (χ4v) is 2.37. The summed E-state index contributed by atoms with van der Waals surface area (Å²) in [5.74, 6) is 0.829. The van der Waals surface area contributed by atoms with Gasteiger partial charge < -0.3 is 4.57 Å². The molecule has 0 radical (unpaired) electrons. The summed E-state index contributed by atoms with van der Waals surface area (Å²) in [5.41, 5.74) is 0. The van der Waals surface area contributed by atoms with Gasteiger partial charge in [0.25, 0.3) is 0 Å². The minimum atomic E-state index is -0.0647. The van der Waals surface area contributed by atoms with Gasteiger partial charge in [0.1, 0.15) is 10.8 Å². The average molecular weight is 313 g/mol. The van der Waals surface area contributed by atoms with Crippen molar-refractivity contribution in [2.75, 3.05) is 0 Å². The van der Waals surface area contributed by atoms with Crippen LogP contribution in [-0.2, 0) is 4.79 Å². The molecule has 0 aliphatic rings. The summed E-state index contributed by atoms with van der Waals surface area (Å²) < 4.78 is 2.12. The summed E-state index contributed by atoms with van der Waals surface area (Å²) >= 11 is 1.50. The van der Waals surface area contributed by atoms with Gasteiger partial charge in [0, 0.05) is 30.0 Å². The van der Waals surface area contributed by atoms with E-state index in [0.717, 1.165) is 17.3 Å². The lowest BCUT2D eigenvalue weighted by Crippen LogP contribution is -2.04. The number of nitrogens with zero attached hydrogens (tertiary/aromatic N) is 3. The maximum absolute atomic E-state index is 11.7. The van der Waals surface area contributed by atoms with E-state index in [9.17, 15) is 4.79 Å². The van der Waals surface area contributed by atoms with Crippen molar-refractivity contribution in [3.8, 4) is 0 Å². The molecule has 2 heterocycles. The van der Waals surface area contributed by atoms with Crippen LogP contribution >= 0.6 is 11.3 Å². The van der Waals surface area contributed by atoms with E-state index >= 15 is 0 Å². The number of aromatic nitrogens is 3. The van der Waals surface area contributed by atoms with Crippen molar-refractivity contribution in [1.82, 2.24) is 14.5 Å². The zero-order chi connectivity index (χ0) is 15.8. The van der Waals surface area contributed by atoms with Crippen LogP contribution in [0.1, 0.15) is 37.1 Å². The summed E-state index contributed by atoms with van der Waals surface area (Å²) in [4.78, 5) is 20.1. The third kappa shape index (κ3) is 4.63. The van der Waals surface area contributed by atoms with Gasteiger partial charge in [0.05, 0.1) is 0 Å². The monoisotopic (exact) mass is 313 g/mol. The molecule has 114 valence electrons. The molecule has 2 rings (SSSR count). The first-order chi connectivity index (χ1) is 10.7. The lowest BCUT2D eigenvalue weighted by molar-refractivity contribution is -0.110. The SMILES string of the molecule is CCC(C)n1ccnc1/C=C/C=C/C(=O)/C=C/c1nccs1. The highest BCUT2D eigenvalue weighted by Gasteiger charge is 2.04. The van der Waals surface area contributed by atoms with Crippen molar-refractivity contribution in [3.63, 3.8) is 0 Å². The largest absolute Gasteiger partial charge is 0.329 e. The molecule has 1 unspecified atom stereocenters. The van der Waals surface area contributed by atoms with Gasteiger partial charge in [-0.15, -0.1) is 11.3 Å². The molecule has 4 nitrogen and oxygen atoms in total. The molecule has 0 aromatic carbocycles. The summed E-state index contributed by atoms with van der Waals surface area (Å²) in [5, 5.41) is 2.70. The minimum Gasteiger partial charge on any atom is -0.329 e. The number of imidazole rings is 1.